The van der Waals surface area contributed by atoms with Crippen LogP contribution >= 0.6 is 11.8 Å². The van der Waals surface area contributed by atoms with Crippen molar-refractivity contribution in [3.05, 3.63) is 46.9 Å². The minimum Gasteiger partial charge on any atom is -0.508 e. The number of alkyl halides is 3. The molecule has 0 saturated carbocycles. The maximum atomic E-state index is 12.8. The Morgan fingerprint density at radius 1 is 1.20 bits per heavy atom. The van der Waals surface area contributed by atoms with Crippen molar-refractivity contribution in [3.63, 3.8) is 0 Å². The van der Waals surface area contributed by atoms with Crippen molar-refractivity contribution < 1.29 is 18.3 Å². The quantitative estimate of drug-likeness (QED) is 0.564. The van der Waals surface area contributed by atoms with Crippen LogP contribution in [0, 0.1) is 0 Å². The predicted octanol–water partition coefficient (Wildman–Crippen LogP) is 3.57. The molecule has 0 radical (unpaired) electrons. The smallest absolute Gasteiger partial charge is 0.406 e. The minimum absolute atomic E-state index is 0.00769. The van der Waals surface area contributed by atoms with E-state index in [0.29, 0.717) is 16.6 Å². The Morgan fingerprint density at radius 3 is 2.48 bits per heavy atom. The summed E-state index contributed by atoms with van der Waals surface area (Å²) in [6.45, 7) is 0.652. The lowest BCUT2D eigenvalue weighted by atomic mass is 10.3. The number of benzene rings is 1. The second-order valence-electron chi connectivity index (χ2n) is 5.28. The van der Waals surface area contributed by atoms with Crippen LogP contribution in [0.3, 0.4) is 0 Å². The van der Waals surface area contributed by atoms with Crippen molar-refractivity contribution in [1.82, 2.24) is 14.1 Å². The molecule has 0 amide bonds. The van der Waals surface area contributed by atoms with Crippen molar-refractivity contribution in [3.8, 4) is 11.4 Å². The van der Waals surface area contributed by atoms with Crippen molar-refractivity contribution in [2.24, 2.45) is 0 Å². The SMILES string of the molecule is CCSc1nc2c(ccn2CC(F)(F)F)c(=O)n1-c1ccc(O)cc1. The number of aromatic hydroxyl groups is 1. The topological polar surface area (TPSA) is 60.0 Å². The summed E-state index contributed by atoms with van der Waals surface area (Å²) in [5, 5.41) is 9.82. The van der Waals surface area contributed by atoms with Gasteiger partial charge in [-0.05, 0) is 36.1 Å². The molecule has 0 unspecified atom stereocenters. The van der Waals surface area contributed by atoms with E-state index >= 15 is 0 Å². The summed E-state index contributed by atoms with van der Waals surface area (Å²) >= 11 is 1.25. The van der Waals surface area contributed by atoms with Gasteiger partial charge in [-0.1, -0.05) is 18.7 Å². The van der Waals surface area contributed by atoms with E-state index in [2.05, 4.69) is 4.98 Å². The number of phenolic OH excluding ortho intramolecular Hbond substituents is 1. The van der Waals surface area contributed by atoms with Gasteiger partial charge in [-0.3, -0.25) is 9.36 Å². The van der Waals surface area contributed by atoms with E-state index in [1.807, 2.05) is 6.92 Å². The zero-order valence-electron chi connectivity index (χ0n) is 13.1. The van der Waals surface area contributed by atoms with Crippen LogP contribution in [0.15, 0.2) is 46.5 Å². The van der Waals surface area contributed by atoms with Crippen molar-refractivity contribution in [1.29, 1.82) is 0 Å². The van der Waals surface area contributed by atoms with Crippen molar-refractivity contribution in [2.75, 3.05) is 5.75 Å². The first-order chi connectivity index (χ1) is 11.8. The van der Waals surface area contributed by atoms with Crippen LogP contribution in [0.25, 0.3) is 16.7 Å². The molecule has 0 spiro atoms. The molecular formula is C16H14F3N3O2S. The van der Waals surface area contributed by atoms with E-state index in [9.17, 15) is 23.1 Å². The molecule has 3 aromatic rings. The fourth-order valence-electron chi connectivity index (χ4n) is 2.48. The number of rotatable bonds is 4. The van der Waals surface area contributed by atoms with Gasteiger partial charge in [0.05, 0.1) is 11.1 Å². The van der Waals surface area contributed by atoms with Crippen LogP contribution in [-0.4, -0.2) is 31.2 Å². The van der Waals surface area contributed by atoms with E-state index in [4.69, 9.17) is 0 Å². The maximum Gasteiger partial charge on any atom is 0.406 e. The predicted molar refractivity (Wildman–Crippen MR) is 89.4 cm³/mol. The lowest BCUT2D eigenvalue weighted by molar-refractivity contribution is -0.139. The number of phenols is 1. The molecule has 25 heavy (non-hydrogen) atoms. The van der Waals surface area contributed by atoms with E-state index in [1.54, 1.807) is 12.1 Å². The van der Waals surface area contributed by atoms with Crippen LogP contribution in [0.1, 0.15) is 6.92 Å². The number of halogens is 3. The van der Waals surface area contributed by atoms with Gasteiger partial charge >= 0.3 is 6.18 Å². The largest absolute Gasteiger partial charge is 0.508 e. The number of thioether (sulfide) groups is 1. The fourth-order valence-corrected chi connectivity index (χ4v) is 3.21. The molecular weight excluding hydrogens is 355 g/mol. The highest BCUT2D eigenvalue weighted by Crippen LogP contribution is 2.25. The molecule has 5 nitrogen and oxygen atoms in total. The number of nitrogens with zero attached hydrogens (tertiary/aromatic N) is 3. The van der Waals surface area contributed by atoms with Gasteiger partial charge in [-0.15, -0.1) is 0 Å². The highest BCUT2D eigenvalue weighted by atomic mass is 32.2. The first-order valence-corrected chi connectivity index (χ1v) is 8.39. The van der Waals surface area contributed by atoms with Gasteiger partial charge in [-0.2, -0.15) is 13.2 Å². The summed E-state index contributed by atoms with van der Waals surface area (Å²) in [5.41, 5.74) is 0.0394. The van der Waals surface area contributed by atoms with Gasteiger partial charge in [0.25, 0.3) is 5.56 Å². The van der Waals surface area contributed by atoms with E-state index in [1.165, 1.54) is 40.7 Å². The zero-order chi connectivity index (χ0) is 18.2. The van der Waals surface area contributed by atoms with Crippen LogP contribution in [0.5, 0.6) is 5.75 Å². The third-order valence-corrected chi connectivity index (χ3v) is 4.31. The summed E-state index contributed by atoms with van der Waals surface area (Å²) in [7, 11) is 0. The molecule has 0 saturated heterocycles. The summed E-state index contributed by atoms with van der Waals surface area (Å²) in [6.07, 6.45) is -3.19. The summed E-state index contributed by atoms with van der Waals surface area (Å²) in [5.74, 6) is 0.641. The second kappa shape index (κ2) is 6.47. The van der Waals surface area contributed by atoms with Crippen LogP contribution in [0.4, 0.5) is 13.2 Å². The monoisotopic (exact) mass is 369 g/mol. The molecule has 2 heterocycles. The molecule has 3 rings (SSSR count). The molecule has 0 atom stereocenters. The molecule has 132 valence electrons. The standard InChI is InChI=1S/C16H14F3N3O2S/c1-2-25-15-20-13-12(7-8-21(13)9-16(17,18)19)14(24)22(15)10-3-5-11(23)6-4-10/h3-8,23H,2,9H2,1H3. The Balaban J connectivity index is 2.24. The molecule has 0 aliphatic rings. The van der Waals surface area contributed by atoms with E-state index in [0.717, 1.165) is 4.57 Å². The summed E-state index contributed by atoms with van der Waals surface area (Å²) in [6, 6.07) is 7.31. The Bertz CT molecular complexity index is 962. The first-order valence-electron chi connectivity index (χ1n) is 7.41. The van der Waals surface area contributed by atoms with E-state index in [-0.39, 0.29) is 16.8 Å². The number of fused-ring (bicyclic) bond motifs is 1. The van der Waals surface area contributed by atoms with Gasteiger partial charge in [0, 0.05) is 6.20 Å². The zero-order valence-corrected chi connectivity index (χ0v) is 13.9. The highest BCUT2D eigenvalue weighted by Gasteiger charge is 2.29. The average molecular weight is 369 g/mol. The maximum absolute atomic E-state index is 12.8. The Morgan fingerprint density at radius 2 is 1.88 bits per heavy atom. The highest BCUT2D eigenvalue weighted by molar-refractivity contribution is 7.99. The van der Waals surface area contributed by atoms with Gasteiger partial charge < -0.3 is 9.67 Å². The molecule has 0 aliphatic carbocycles. The molecule has 9 heteroatoms. The summed E-state index contributed by atoms with van der Waals surface area (Å²) < 4.78 is 40.4. The van der Waals surface area contributed by atoms with Gasteiger partial charge in [-0.25, -0.2) is 4.98 Å². The van der Waals surface area contributed by atoms with Gasteiger partial charge in [0.1, 0.15) is 17.9 Å². The molecule has 2 aromatic heterocycles. The number of hydrogen-bond acceptors (Lipinski definition) is 4. The molecule has 0 fully saturated rings. The average Bonchev–Trinajstić information content (AvgIpc) is 2.91. The third kappa shape index (κ3) is 3.51. The number of hydrogen-bond donors (Lipinski definition) is 1. The van der Waals surface area contributed by atoms with E-state index < -0.39 is 18.3 Å². The normalized spacial score (nSPS) is 12.0. The minimum atomic E-state index is -4.41. The Hall–Kier alpha value is -2.42. The Kier molecular flexibility index (Phi) is 4.51. The first kappa shape index (κ1) is 17.4. The van der Waals surface area contributed by atoms with Gasteiger partial charge in [0.15, 0.2) is 5.16 Å². The summed E-state index contributed by atoms with van der Waals surface area (Å²) in [4.78, 5) is 17.1. The molecule has 0 aliphatic heterocycles. The Labute approximate surface area is 144 Å². The third-order valence-electron chi connectivity index (χ3n) is 3.49. The van der Waals surface area contributed by atoms with Crippen LogP contribution < -0.4 is 5.56 Å². The lowest BCUT2D eigenvalue weighted by Crippen LogP contribution is -2.23. The second-order valence-corrected chi connectivity index (χ2v) is 6.51. The van der Waals surface area contributed by atoms with Gasteiger partial charge in [0.2, 0.25) is 0 Å². The van der Waals surface area contributed by atoms with Crippen LogP contribution in [0.2, 0.25) is 0 Å². The lowest BCUT2D eigenvalue weighted by Gasteiger charge is -2.13. The molecule has 0 bridgehead atoms. The van der Waals surface area contributed by atoms with Crippen molar-refractivity contribution in [2.45, 2.75) is 24.8 Å². The fraction of sp³-hybridized carbons (Fsp3) is 0.250. The van der Waals surface area contributed by atoms with Crippen molar-refractivity contribution >= 4 is 22.8 Å². The van der Waals surface area contributed by atoms with Crippen LogP contribution in [-0.2, 0) is 6.54 Å². The molecule has 1 aromatic carbocycles. The number of aromatic nitrogens is 3. The molecule has 1 N–H and O–H groups in total.